The lowest BCUT2D eigenvalue weighted by molar-refractivity contribution is 0.495. The Morgan fingerprint density at radius 1 is 0.279 bits per heavy atom. The third-order valence-electron chi connectivity index (χ3n) is 26.8. The molecule has 2 aromatic heterocycles. The first kappa shape index (κ1) is 70.2. The molecule has 0 fully saturated rings. The van der Waals surface area contributed by atoms with Crippen molar-refractivity contribution in [2.45, 2.75) is 62.3 Å². The van der Waals surface area contributed by atoms with Gasteiger partial charge in [-0.2, -0.15) is 0 Å². The molecular weight excluding hydrogens is 1610 g/mol. The van der Waals surface area contributed by atoms with Crippen LogP contribution in [-0.4, -0.2) is 20.1 Å². The summed E-state index contributed by atoms with van der Waals surface area (Å²) in [5.41, 5.74) is 31.7. The van der Waals surface area contributed by atoms with Crippen molar-refractivity contribution >= 4 is 242 Å². The summed E-state index contributed by atoms with van der Waals surface area (Å²) in [5.74, 6) is 1.03. The van der Waals surface area contributed by atoms with E-state index < -0.39 is 20.1 Å². The van der Waals surface area contributed by atoms with Crippen LogP contribution in [-0.2, 0) is 0 Å². The zero-order valence-corrected chi connectivity index (χ0v) is 74.3. The Balaban J connectivity index is 0.862. The van der Waals surface area contributed by atoms with Crippen LogP contribution in [0.25, 0.3) is 20.2 Å². The quantitative estimate of drug-likeness (QED) is 0.114. The number of aryl methyl sites for hydroxylation is 9. The third-order valence-corrected chi connectivity index (χ3v) is 29.2. The molecule has 0 spiro atoms. The number of para-hydroxylation sites is 7. The molecule has 0 aliphatic carbocycles. The van der Waals surface area contributed by atoms with Crippen molar-refractivity contribution in [1.82, 2.24) is 0 Å². The molecule has 129 heavy (non-hydrogen) atoms. The number of anilines is 23. The predicted octanol–water partition coefficient (Wildman–Crippen LogP) is 26.1. The number of fused-ring (bicyclic) bond motifs is 16. The first-order valence-corrected chi connectivity index (χ1v) is 46.0. The van der Waals surface area contributed by atoms with Gasteiger partial charge in [-0.25, -0.2) is 0 Å². The minimum absolute atomic E-state index is 0.0754. The molecule has 8 heterocycles. The standard InChI is InChI=1S/C115H87B3N8OS2/c1-69-53-72(4)109(73(5)54-69)124-96-67-94-90(117-106-95(119-94)59-85(120(78-35-17-10-18-36-78)79-37-19-11-20-38-79)60-99(106)123(84-47-29-16-30-48-84)112-88-49-31-33-51-104(88)128-114(112)117)65-91(96)116-92-66-93-98(68-97(92)125(110-74(6)55-70(2)56-75(110)7)101-62-86(61-100(124)107(101)116)121(80-39-21-12-22-40-80)81-41-23-13-24-42-81)126(111-76(8)57-71(3)58-77(111)9)102-63-87(122(82-43-25-14-26-44-82)83-45-27-15-28-46-83)64-103-108(102)118(93)115-113(127-103)89-50-32-34-52-105(89)129-115/h10-68,119H,1-9H3/i59D,60D,61D,62D,63D,64D. The Bertz CT molecular complexity index is 8080. The van der Waals surface area contributed by atoms with Gasteiger partial charge in [-0.15, -0.1) is 22.7 Å². The second kappa shape index (κ2) is 29.6. The van der Waals surface area contributed by atoms with E-state index in [0.717, 1.165) is 198 Å². The Hall–Kier alpha value is -14.9. The van der Waals surface area contributed by atoms with E-state index >= 15 is 0 Å². The molecule has 9 nitrogen and oxygen atoms in total. The van der Waals surface area contributed by atoms with Crippen molar-refractivity contribution in [3.8, 4) is 11.5 Å². The van der Waals surface area contributed by atoms with E-state index in [-0.39, 0.29) is 36.3 Å². The lowest BCUT2D eigenvalue weighted by atomic mass is 9.30. The lowest BCUT2D eigenvalue weighted by Gasteiger charge is -2.48. The average Bonchev–Trinajstić information content (AvgIpc) is 1.58. The average molecular weight is 1700 g/mol. The van der Waals surface area contributed by atoms with E-state index in [9.17, 15) is 8.22 Å². The molecule has 0 saturated carbocycles. The Kier molecular flexibility index (Phi) is 16.1. The summed E-state index contributed by atoms with van der Waals surface area (Å²) in [6, 6.07) is 113. The highest BCUT2D eigenvalue weighted by molar-refractivity contribution is 7.34. The predicted molar refractivity (Wildman–Crippen MR) is 553 cm³/mol. The molecule has 0 unspecified atom stereocenters. The van der Waals surface area contributed by atoms with Crippen LogP contribution in [0.3, 0.4) is 0 Å². The van der Waals surface area contributed by atoms with Crippen molar-refractivity contribution in [3.05, 3.63) is 408 Å². The van der Waals surface area contributed by atoms with E-state index in [1.54, 1.807) is 22.7 Å². The summed E-state index contributed by atoms with van der Waals surface area (Å²) >= 11 is 3.46. The molecule has 6 aliphatic rings. The van der Waals surface area contributed by atoms with Crippen LogP contribution in [0, 0.1) is 62.3 Å². The first-order chi connectivity index (χ1) is 65.8. The smallest absolute Gasteiger partial charge is 0.268 e. The summed E-state index contributed by atoms with van der Waals surface area (Å²) in [4.78, 5) is 15.7. The van der Waals surface area contributed by atoms with Gasteiger partial charge < -0.3 is 44.4 Å². The fraction of sp³-hybridized carbons (Fsp3) is 0.0783. The van der Waals surface area contributed by atoms with Gasteiger partial charge in [-0.3, -0.25) is 0 Å². The molecule has 19 aromatic rings. The minimum Gasteiger partial charge on any atom is -0.457 e. The van der Waals surface area contributed by atoms with Crippen LogP contribution in [0.1, 0.15) is 58.3 Å². The van der Waals surface area contributed by atoms with Gasteiger partial charge >= 0.3 is 0 Å². The molecule has 14 heteroatoms. The van der Waals surface area contributed by atoms with Gasteiger partial charge in [-0.1, -0.05) is 223 Å². The first-order valence-electron chi connectivity index (χ1n) is 47.3. The van der Waals surface area contributed by atoms with Gasteiger partial charge in [0.1, 0.15) is 11.5 Å². The fourth-order valence-electron chi connectivity index (χ4n) is 22.1. The van der Waals surface area contributed by atoms with E-state index in [1.165, 1.54) is 0 Å². The maximum absolute atomic E-state index is 12.2. The van der Waals surface area contributed by atoms with E-state index in [4.69, 9.17) is 4.74 Å². The monoisotopic (exact) mass is 1700 g/mol. The van der Waals surface area contributed by atoms with Gasteiger partial charge in [0.15, 0.2) is 0 Å². The maximum atomic E-state index is 12.2. The zero-order valence-electron chi connectivity index (χ0n) is 78.7. The van der Waals surface area contributed by atoms with Gasteiger partial charge in [0.2, 0.25) is 0 Å². The highest BCUT2D eigenvalue weighted by atomic mass is 32.1. The molecule has 0 saturated heterocycles. The van der Waals surface area contributed by atoms with Gasteiger partial charge in [-0.05, 0) is 279 Å². The highest BCUT2D eigenvalue weighted by Gasteiger charge is 2.53. The molecule has 0 amide bonds. The van der Waals surface area contributed by atoms with E-state index in [2.05, 4.69) is 284 Å². The highest BCUT2D eigenvalue weighted by Crippen LogP contribution is 2.57. The van der Waals surface area contributed by atoms with Crippen LogP contribution in [0.4, 0.5) is 131 Å². The number of benzene rings is 17. The van der Waals surface area contributed by atoms with Crippen LogP contribution < -0.4 is 92.1 Å². The topological polar surface area (TPSA) is 43.9 Å². The van der Waals surface area contributed by atoms with Gasteiger partial charge in [0.05, 0.1) is 48.0 Å². The SMILES string of the molecule is [2H]c1c2c3c(c([2H])c1N(c1ccccc1)c1ccccc1)N(c1ccccc1)c1c(sc4ccccc14)B3c1cc3c(cc1N2)N(c1c(C)cc(C)cc1C)c1c([2H])c(N(c2ccccc2)c2ccccc2)c([2H])c2c1B3c1cc3c(cc1N2c1c(C)cc(C)cc1C)N(c1c(C)cc(C)cc1C)c1c([2H])c(N(c2ccccc2)c2ccccc2)c([2H])c2c1B3c1sc3ccccc3c1O2. The number of nitrogens with one attached hydrogen (secondary N) is 1. The van der Waals surface area contributed by atoms with Crippen LogP contribution in [0.5, 0.6) is 11.5 Å². The summed E-state index contributed by atoms with van der Waals surface area (Å²) < 4.78 is 81.7. The number of hydrogen-bond acceptors (Lipinski definition) is 11. The number of nitrogens with zero attached hydrogens (tertiary/aromatic N) is 7. The fourth-order valence-corrected chi connectivity index (χ4v) is 24.6. The minimum atomic E-state index is -0.798. The van der Waals surface area contributed by atoms with Crippen molar-refractivity contribution in [1.29, 1.82) is 0 Å². The summed E-state index contributed by atoms with van der Waals surface area (Å²) in [5, 5.41) is 6.15. The molecule has 25 rings (SSSR count). The largest absolute Gasteiger partial charge is 0.457 e. The maximum Gasteiger partial charge on any atom is 0.268 e. The van der Waals surface area contributed by atoms with Crippen LogP contribution in [0.2, 0.25) is 0 Å². The molecule has 17 aromatic carbocycles. The van der Waals surface area contributed by atoms with Gasteiger partial charge in [0.25, 0.3) is 20.1 Å². The lowest BCUT2D eigenvalue weighted by Crippen LogP contribution is -2.66. The second-order valence-corrected chi connectivity index (χ2v) is 37.3. The van der Waals surface area contributed by atoms with E-state index in [1.807, 2.05) is 140 Å². The van der Waals surface area contributed by atoms with Crippen molar-refractivity contribution in [3.63, 3.8) is 0 Å². The number of thiophene rings is 2. The molecule has 0 radical (unpaired) electrons. The van der Waals surface area contributed by atoms with Crippen molar-refractivity contribution < 1.29 is 13.0 Å². The van der Waals surface area contributed by atoms with Crippen LogP contribution in [0.15, 0.2) is 358 Å². The molecule has 0 bridgehead atoms. The molecule has 614 valence electrons. The number of hydrogen-bond donors (Lipinski definition) is 1. The Morgan fingerprint density at radius 3 is 1.07 bits per heavy atom. The number of rotatable bonds is 13. The van der Waals surface area contributed by atoms with E-state index in [0.29, 0.717) is 62.5 Å². The van der Waals surface area contributed by atoms with Crippen LogP contribution >= 0.6 is 22.7 Å². The van der Waals surface area contributed by atoms with Gasteiger partial charge in [0, 0.05) is 127 Å². The third kappa shape index (κ3) is 11.8. The molecule has 6 aliphatic heterocycles. The second-order valence-electron chi connectivity index (χ2n) is 35.2. The zero-order chi connectivity index (χ0) is 91.7. The molecular formula is C115H87B3N8OS2. The molecule has 0 atom stereocenters. The Labute approximate surface area is 770 Å². The number of ether oxygens (including phenoxy) is 1. The van der Waals surface area contributed by atoms with Crippen molar-refractivity contribution in [2.75, 3.05) is 39.6 Å². The molecule has 1 N–H and O–H groups in total. The summed E-state index contributed by atoms with van der Waals surface area (Å²) in [7, 11) is 0. The normalized spacial score (nSPS) is 13.8. The summed E-state index contributed by atoms with van der Waals surface area (Å²) in [6.07, 6.45) is 0. The van der Waals surface area contributed by atoms with Crippen molar-refractivity contribution in [2.24, 2.45) is 0 Å². The Morgan fingerprint density at radius 2 is 0.620 bits per heavy atom. The summed E-state index contributed by atoms with van der Waals surface area (Å²) in [6.45, 7) is 17.6.